The number of aromatic hydroxyl groups is 1. The summed E-state index contributed by atoms with van der Waals surface area (Å²) in [5, 5.41) is 10.1. The van der Waals surface area contributed by atoms with Crippen LogP contribution in [0.3, 0.4) is 0 Å². The van der Waals surface area contributed by atoms with Crippen molar-refractivity contribution in [3.05, 3.63) is 30.4 Å². The monoisotopic (exact) mass is 526 g/mol. The summed E-state index contributed by atoms with van der Waals surface area (Å²) < 4.78 is 12.2. The number of carbonyl (C=O) groups excluding carboxylic acids is 2. The Hall–Kier alpha value is -0.840. The summed E-state index contributed by atoms with van der Waals surface area (Å²) in [5.41, 5.74) is 0.202. The zero-order valence-electron chi connectivity index (χ0n) is 11.4. The first kappa shape index (κ1) is 16.0. The van der Waals surface area contributed by atoms with Crippen LogP contribution in [0, 0.1) is 7.14 Å². The van der Waals surface area contributed by atoms with Crippen molar-refractivity contribution in [3.8, 4) is 5.75 Å². The van der Waals surface area contributed by atoms with Gasteiger partial charge in [0, 0.05) is 22.0 Å². The molecular formula is C15H12I2O5. The molecule has 3 rings (SSSR count). The lowest BCUT2D eigenvalue weighted by molar-refractivity contribution is -0.232. The predicted octanol–water partition coefficient (Wildman–Crippen LogP) is 3.36. The van der Waals surface area contributed by atoms with Gasteiger partial charge in [-0.05, 0) is 76.2 Å². The second-order valence-electron chi connectivity index (χ2n) is 5.28. The van der Waals surface area contributed by atoms with Crippen molar-refractivity contribution in [2.75, 3.05) is 0 Å². The van der Waals surface area contributed by atoms with E-state index in [0.717, 1.165) is 16.4 Å². The number of esters is 2. The Morgan fingerprint density at radius 2 is 1.68 bits per heavy atom. The Bertz CT molecular complexity index is 667. The normalized spacial score (nSPS) is 20.0. The van der Waals surface area contributed by atoms with Crippen molar-refractivity contribution in [3.63, 3.8) is 0 Å². The first-order valence-electron chi connectivity index (χ1n) is 6.77. The number of carbonyl (C=O) groups is 2. The maximum Gasteiger partial charge on any atom is 0.348 e. The Morgan fingerprint density at radius 3 is 2.27 bits per heavy atom. The molecule has 5 nitrogen and oxygen atoms in total. The van der Waals surface area contributed by atoms with E-state index >= 15 is 0 Å². The zero-order chi connectivity index (χ0) is 15.9. The predicted molar refractivity (Wildman–Crippen MR) is 94.9 cm³/mol. The van der Waals surface area contributed by atoms with Crippen LogP contribution in [-0.4, -0.2) is 22.8 Å². The average molecular weight is 526 g/mol. The van der Waals surface area contributed by atoms with Crippen LogP contribution in [0.1, 0.15) is 31.2 Å². The quantitative estimate of drug-likeness (QED) is 0.263. The first-order valence-corrected chi connectivity index (χ1v) is 8.92. The molecule has 0 aromatic heterocycles. The topological polar surface area (TPSA) is 72.8 Å². The maximum atomic E-state index is 12.2. The fourth-order valence-electron chi connectivity index (χ4n) is 2.64. The number of phenolic OH excluding ortho intramolecular Hbond substituents is 1. The van der Waals surface area contributed by atoms with E-state index in [2.05, 4.69) is 22.6 Å². The van der Waals surface area contributed by atoms with Crippen molar-refractivity contribution in [2.24, 2.45) is 0 Å². The van der Waals surface area contributed by atoms with Gasteiger partial charge in [-0.3, -0.25) is 0 Å². The van der Waals surface area contributed by atoms with E-state index in [1.807, 2.05) is 22.6 Å². The van der Waals surface area contributed by atoms with Crippen LogP contribution in [0.25, 0.3) is 6.08 Å². The number of rotatable bonds is 1. The second kappa shape index (κ2) is 5.99. The van der Waals surface area contributed by atoms with Crippen LogP contribution in [0.15, 0.2) is 17.7 Å². The smallest absolute Gasteiger partial charge is 0.348 e. The number of hydrogen-bond donors (Lipinski definition) is 1. The summed E-state index contributed by atoms with van der Waals surface area (Å²) in [7, 11) is 0. The molecule has 2 aliphatic rings. The third kappa shape index (κ3) is 2.97. The minimum absolute atomic E-state index is 0.0234. The first-order chi connectivity index (χ1) is 10.4. The number of halogens is 2. The molecule has 1 spiro atoms. The molecule has 0 atom stereocenters. The van der Waals surface area contributed by atoms with Crippen LogP contribution in [-0.2, 0) is 19.1 Å². The van der Waals surface area contributed by atoms with Crippen molar-refractivity contribution in [2.45, 2.75) is 31.5 Å². The van der Waals surface area contributed by atoms with E-state index in [4.69, 9.17) is 9.47 Å². The van der Waals surface area contributed by atoms with Gasteiger partial charge in [0.15, 0.2) is 0 Å². The fourth-order valence-corrected chi connectivity index (χ4v) is 4.53. The van der Waals surface area contributed by atoms with Gasteiger partial charge in [0.25, 0.3) is 5.79 Å². The summed E-state index contributed by atoms with van der Waals surface area (Å²) in [4.78, 5) is 24.3. The Labute approximate surface area is 154 Å². The number of hydrogen-bond acceptors (Lipinski definition) is 5. The molecule has 1 aliphatic carbocycles. The summed E-state index contributed by atoms with van der Waals surface area (Å²) in [6, 6.07) is 3.48. The van der Waals surface area contributed by atoms with Crippen molar-refractivity contribution in [1.82, 2.24) is 0 Å². The molecule has 1 saturated heterocycles. The van der Waals surface area contributed by atoms with Gasteiger partial charge in [-0.1, -0.05) is 0 Å². The molecule has 0 unspecified atom stereocenters. The number of benzene rings is 1. The third-order valence-corrected chi connectivity index (χ3v) is 5.17. The van der Waals surface area contributed by atoms with E-state index < -0.39 is 17.7 Å². The molecule has 1 aromatic carbocycles. The van der Waals surface area contributed by atoms with Gasteiger partial charge in [-0.25, -0.2) is 9.59 Å². The lowest BCUT2D eigenvalue weighted by Gasteiger charge is -2.32. The Kier molecular flexibility index (Phi) is 4.36. The molecule has 0 amide bonds. The molecule has 116 valence electrons. The standard InChI is InChI=1S/C15H12I2O5/c16-9-5-8(12(18)11(17)7-9)6-10-13(19)21-15(22-14(10)20)3-1-2-4-15/h5-7,18H,1-4H2. The van der Waals surface area contributed by atoms with Gasteiger partial charge < -0.3 is 14.6 Å². The highest BCUT2D eigenvalue weighted by molar-refractivity contribution is 14.1. The summed E-state index contributed by atoms with van der Waals surface area (Å²) in [6.07, 6.45) is 4.16. The van der Waals surface area contributed by atoms with Gasteiger partial charge in [-0.15, -0.1) is 0 Å². The molecule has 22 heavy (non-hydrogen) atoms. The van der Waals surface area contributed by atoms with Crippen LogP contribution in [0.5, 0.6) is 5.75 Å². The highest BCUT2D eigenvalue weighted by Crippen LogP contribution is 2.39. The number of phenols is 1. The SMILES string of the molecule is O=C1OC2(CCCC2)OC(=O)C1=Cc1cc(I)cc(I)c1O. The summed E-state index contributed by atoms with van der Waals surface area (Å²) in [5.74, 6) is -2.43. The third-order valence-electron chi connectivity index (χ3n) is 3.72. The van der Waals surface area contributed by atoms with E-state index in [1.165, 1.54) is 6.08 Å². The van der Waals surface area contributed by atoms with Crippen molar-refractivity contribution < 1.29 is 24.2 Å². The van der Waals surface area contributed by atoms with Gasteiger partial charge in [-0.2, -0.15) is 0 Å². The Morgan fingerprint density at radius 1 is 1.09 bits per heavy atom. The average Bonchev–Trinajstić information content (AvgIpc) is 2.87. The fraction of sp³-hybridized carbons (Fsp3) is 0.333. The van der Waals surface area contributed by atoms with Crippen molar-refractivity contribution >= 4 is 63.2 Å². The Balaban J connectivity index is 1.95. The maximum absolute atomic E-state index is 12.2. The molecule has 1 saturated carbocycles. The summed E-state index contributed by atoms with van der Waals surface area (Å²) >= 11 is 4.09. The molecule has 1 aromatic rings. The van der Waals surface area contributed by atoms with Crippen molar-refractivity contribution in [1.29, 1.82) is 0 Å². The number of ether oxygens (including phenoxy) is 2. The van der Waals surface area contributed by atoms with Crippen LogP contribution >= 0.6 is 45.2 Å². The molecular weight excluding hydrogens is 514 g/mol. The minimum atomic E-state index is -1.08. The van der Waals surface area contributed by atoms with Crippen LogP contribution in [0.4, 0.5) is 0 Å². The zero-order valence-corrected chi connectivity index (χ0v) is 15.7. The van der Waals surface area contributed by atoms with E-state index in [-0.39, 0.29) is 11.3 Å². The molecule has 0 radical (unpaired) electrons. The highest BCUT2D eigenvalue weighted by atomic mass is 127. The molecule has 1 N–H and O–H groups in total. The molecule has 2 fully saturated rings. The largest absolute Gasteiger partial charge is 0.506 e. The molecule has 7 heteroatoms. The lowest BCUT2D eigenvalue weighted by Crippen LogP contribution is -2.44. The van der Waals surface area contributed by atoms with E-state index in [9.17, 15) is 14.7 Å². The summed E-state index contributed by atoms with van der Waals surface area (Å²) in [6.45, 7) is 0. The van der Waals surface area contributed by atoms with E-state index in [0.29, 0.717) is 22.0 Å². The van der Waals surface area contributed by atoms with Crippen LogP contribution in [0.2, 0.25) is 0 Å². The molecule has 1 aliphatic heterocycles. The van der Waals surface area contributed by atoms with Gasteiger partial charge in [0.1, 0.15) is 11.3 Å². The van der Waals surface area contributed by atoms with E-state index in [1.54, 1.807) is 12.1 Å². The van der Waals surface area contributed by atoms with Gasteiger partial charge >= 0.3 is 11.9 Å². The van der Waals surface area contributed by atoms with Gasteiger partial charge in [0.05, 0.1) is 3.57 Å². The molecule has 0 bridgehead atoms. The lowest BCUT2D eigenvalue weighted by atomic mass is 10.1. The van der Waals surface area contributed by atoms with Gasteiger partial charge in [0.2, 0.25) is 0 Å². The second-order valence-corrected chi connectivity index (χ2v) is 7.69. The molecule has 1 heterocycles. The van der Waals surface area contributed by atoms with Crippen LogP contribution < -0.4 is 0 Å². The highest BCUT2D eigenvalue weighted by Gasteiger charge is 2.47. The minimum Gasteiger partial charge on any atom is -0.506 e.